The summed E-state index contributed by atoms with van der Waals surface area (Å²) in [6.45, 7) is 13.6. The molecule has 0 aliphatic heterocycles. The summed E-state index contributed by atoms with van der Waals surface area (Å²) in [5, 5.41) is 6.45. The van der Waals surface area contributed by atoms with Gasteiger partial charge in [-0.3, -0.25) is 9.59 Å². The fourth-order valence-electron chi connectivity index (χ4n) is 4.80. The SMILES string of the molecule is CCOC(=O)C(C)=C[C@H](C(C)C)N(C)C(=O)[C@@H](NC(=O)C(NC)(c1ccccc1)C1CC1)C(C)(C)C. The van der Waals surface area contributed by atoms with Crippen LogP contribution in [-0.4, -0.2) is 55.5 Å². The number of nitrogens with one attached hydrogen (secondary N) is 2. The van der Waals surface area contributed by atoms with Gasteiger partial charge in [0.25, 0.3) is 0 Å². The number of ether oxygens (including phenoxy) is 1. The van der Waals surface area contributed by atoms with Crippen molar-refractivity contribution in [3.63, 3.8) is 0 Å². The molecule has 1 saturated carbocycles. The molecule has 1 aromatic rings. The van der Waals surface area contributed by atoms with Gasteiger partial charge in [-0.15, -0.1) is 0 Å². The molecule has 2 amide bonds. The summed E-state index contributed by atoms with van der Waals surface area (Å²) in [6.07, 6.45) is 3.68. The molecule has 2 N–H and O–H groups in total. The van der Waals surface area contributed by atoms with Crippen molar-refractivity contribution in [2.45, 2.75) is 78.9 Å². The first kappa shape index (κ1) is 29.6. The van der Waals surface area contributed by atoms with Gasteiger partial charge < -0.3 is 20.3 Å². The van der Waals surface area contributed by atoms with Gasteiger partial charge in [0.05, 0.1) is 12.6 Å². The number of rotatable bonds is 11. The average Bonchev–Trinajstić information content (AvgIpc) is 3.66. The fourth-order valence-corrected chi connectivity index (χ4v) is 4.80. The van der Waals surface area contributed by atoms with Crippen molar-refractivity contribution in [3.8, 4) is 0 Å². The van der Waals surface area contributed by atoms with Gasteiger partial charge >= 0.3 is 5.97 Å². The molecular formula is C29H45N3O4. The maximum atomic E-state index is 14.0. The van der Waals surface area contributed by atoms with Crippen LogP contribution in [0.25, 0.3) is 0 Å². The van der Waals surface area contributed by atoms with E-state index in [1.165, 1.54) is 0 Å². The standard InChI is InChI=1S/C29H45N3O4/c1-10-36-26(34)20(4)18-23(19(2)3)32(9)25(33)24(28(5,6)7)31-27(35)29(30-8,22-16-17-22)21-14-12-11-13-15-21/h11-15,18-19,22-24,30H,10,16-17H2,1-9H3,(H,31,35)/t23-,24-,29?/m1/s1. The smallest absolute Gasteiger partial charge is 0.333 e. The van der Waals surface area contributed by atoms with Gasteiger partial charge in [-0.05, 0) is 56.6 Å². The van der Waals surface area contributed by atoms with E-state index in [1.807, 2.05) is 72.0 Å². The zero-order chi connectivity index (χ0) is 27.3. The lowest BCUT2D eigenvalue weighted by atomic mass is 9.81. The second-order valence-corrected chi connectivity index (χ2v) is 11.2. The monoisotopic (exact) mass is 499 g/mol. The minimum absolute atomic E-state index is 0.0480. The van der Waals surface area contributed by atoms with E-state index >= 15 is 0 Å². The van der Waals surface area contributed by atoms with Gasteiger partial charge in [0.2, 0.25) is 11.8 Å². The Hall–Kier alpha value is -2.67. The van der Waals surface area contributed by atoms with Crippen molar-refractivity contribution in [1.82, 2.24) is 15.5 Å². The summed E-state index contributed by atoms with van der Waals surface area (Å²) in [6, 6.07) is 8.63. The number of hydrogen-bond acceptors (Lipinski definition) is 5. The zero-order valence-corrected chi connectivity index (χ0v) is 23.5. The summed E-state index contributed by atoms with van der Waals surface area (Å²) >= 11 is 0. The predicted molar refractivity (Wildman–Crippen MR) is 143 cm³/mol. The average molecular weight is 500 g/mol. The molecule has 0 aromatic heterocycles. The number of hydrogen-bond donors (Lipinski definition) is 2. The van der Waals surface area contributed by atoms with Crippen LogP contribution in [0.1, 0.15) is 66.9 Å². The Morgan fingerprint density at radius 3 is 2.17 bits per heavy atom. The van der Waals surface area contributed by atoms with Crippen LogP contribution in [-0.2, 0) is 24.7 Å². The Morgan fingerprint density at radius 1 is 1.14 bits per heavy atom. The highest BCUT2D eigenvalue weighted by molar-refractivity contribution is 5.94. The molecule has 7 heteroatoms. The quantitative estimate of drug-likeness (QED) is 0.355. The summed E-state index contributed by atoms with van der Waals surface area (Å²) < 4.78 is 5.12. The first-order chi connectivity index (χ1) is 16.8. The molecule has 3 atom stereocenters. The number of benzene rings is 1. The van der Waals surface area contributed by atoms with Gasteiger partial charge in [0, 0.05) is 12.6 Å². The lowest BCUT2D eigenvalue weighted by molar-refractivity contribution is -0.142. The molecule has 1 fully saturated rings. The van der Waals surface area contributed by atoms with Crippen LogP contribution in [0.4, 0.5) is 0 Å². The Labute approximate surface area is 217 Å². The summed E-state index contributed by atoms with van der Waals surface area (Å²) in [4.78, 5) is 41.8. The van der Waals surface area contributed by atoms with Crippen molar-refractivity contribution in [1.29, 1.82) is 0 Å². The number of amides is 2. The van der Waals surface area contributed by atoms with Crippen molar-refractivity contribution in [3.05, 3.63) is 47.5 Å². The van der Waals surface area contributed by atoms with E-state index in [0.717, 1.165) is 18.4 Å². The topological polar surface area (TPSA) is 87.7 Å². The van der Waals surface area contributed by atoms with E-state index in [9.17, 15) is 14.4 Å². The molecule has 1 aliphatic rings. The van der Waals surface area contributed by atoms with Gasteiger partial charge in [0.15, 0.2) is 0 Å². The van der Waals surface area contributed by atoms with Gasteiger partial charge in [-0.2, -0.15) is 0 Å². The van der Waals surface area contributed by atoms with Crippen molar-refractivity contribution in [2.75, 3.05) is 20.7 Å². The molecule has 0 heterocycles. The molecule has 1 unspecified atom stereocenters. The summed E-state index contributed by atoms with van der Waals surface area (Å²) in [5.41, 5.74) is -0.0866. The highest BCUT2D eigenvalue weighted by Gasteiger charge is 2.52. The molecule has 0 saturated heterocycles. The number of carbonyl (C=O) groups excluding carboxylic acids is 3. The third-order valence-corrected chi connectivity index (χ3v) is 7.06. The second kappa shape index (κ2) is 12.0. The van der Waals surface area contributed by atoms with E-state index in [1.54, 1.807) is 31.9 Å². The van der Waals surface area contributed by atoms with Crippen molar-refractivity contribution < 1.29 is 19.1 Å². The third kappa shape index (κ3) is 6.55. The number of esters is 1. The van der Waals surface area contributed by atoms with Crippen LogP contribution in [0.2, 0.25) is 0 Å². The van der Waals surface area contributed by atoms with Crippen LogP contribution in [0.15, 0.2) is 42.0 Å². The van der Waals surface area contributed by atoms with Crippen LogP contribution in [0.5, 0.6) is 0 Å². The van der Waals surface area contributed by atoms with E-state index in [2.05, 4.69) is 10.6 Å². The minimum Gasteiger partial charge on any atom is -0.463 e. The normalized spacial score (nSPS) is 17.7. The Balaban J connectivity index is 2.40. The predicted octanol–water partition coefficient (Wildman–Crippen LogP) is 4.03. The third-order valence-electron chi connectivity index (χ3n) is 7.06. The van der Waals surface area contributed by atoms with E-state index in [0.29, 0.717) is 12.2 Å². The molecule has 36 heavy (non-hydrogen) atoms. The molecule has 1 aliphatic carbocycles. The highest BCUT2D eigenvalue weighted by atomic mass is 16.5. The van der Waals surface area contributed by atoms with Crippen LogP contribution < -0.4 is 10.6 Å². The fraction of sp³-hybridized carbons (Fsp3) is 0.621. The zero-order valence-electron chi connectivity index (χ0n) is 23.5. The maximum Gasteiger partial charge on any atom is 0.333 e. The molecule has 7 nitrogen and oxygen atoms in total. The molecule has 0 spiro atoms. The lowest BCUT2D eigenvalue weighted by Crippen LogP contribution is -2.62. The van der Waals surface area contributed by atoms with Crippen LogP contribution >= 0.6 is 0 Å². The number of nitrogens with zero attached hydrogens (tertiary/aromatic N) is 1. The minimum atomic E-state index is -0.901. The van der Waals surface area contributed by atoms with Crippen molar-refractivity contribution >= 4 is 17.8 Å². The molecule has 0 bridgehead atoms. The first-order valence-electron chi connectivity index (χ1n) is 13.0. The van der Waals surface area contributed by atoms with E-state index in [-0.39, 0.29) is 29.7 Å². The number of likely N-dealkylation sites (N-methyl/N-ethyl adjacent to an activating group) is 2. The van der Waals surface area contributed by atoms with Gasteiger partial charge in [0.1, 0.15) is 11.6 Å². The number of carbonyl (C=O) groups is 3. The van der Waals surface area contributed by atoms with Crippen LogP contribution in [0.3, 0.4) is 0 Å². The molecule has 2 rings (SSSR count). The lowest BCUT2D eigenvalue weighted by Gasteiger charge is -2.40. The van der Waals surface area contributed by atoms with Crippen molar-refractivity contribution in [2.24, 2.45) is 17.3 Å². The van der Waals surface area contributed by atoms with Gasteiger partial charge in [-0.1, -0.05) is 71.0 Å². The van der Waals surface area contributed by atoms with E-state index < -0.39 is 23.0 Å². The highest BCUT2D eigenvalue weighted by Crippen LogP contribution is 2.46. The van der Waals surface area contributed by atoms with E-state index in [4.69, 9.17) is 4.74 Å². The molecular weight excluding hydrogens is 454 g/mol. The maximum absolute atomic E-state index is 14.0. The second-order valence-electron chi connectivity index (χ2n) is 11.2. The Bertz CT molecular complexity index is 947. The summed E-state index contributed by atoms with van der Waals surface area (Å²) in [5.74, 6) is -0.574. The molecule has 1 aromatic carbocycles. The first-order valence-corrected chi connectivity index (χ1v) is 13.0. The van der Waals surface area contributed by atoms with Crippen LogP contribution in [0, 0.1) is 17.3 Å². The Morgan fingerprint density at radius 2 is 1.72 bits per heavy atom. The Kier molecular flexibility index (Phi) is 9.89. The molecule has 0 radical (unpaired) electrons. The molecule has 200 valence electrons. The summed E-state index contributed by atoms with van der Waals surface area (Å²) in [7, 11) is 3.54. The largest absolute Gasteiger partial charge is 0.463 e. The van der Waals surface area contributed by atoms with Gasteiger partial charge in [-0.25, -0.2) is 4.79 Å².